The van der Waals surface area contributed by atoms with Crippen LogP contribution in [0, 0.1) is 0 Å². The van der Waals surface area contributed by atoms with E-state index in [-0.39, 0.29) is 0 Å². The van der Waals surface area contributed by atoms with Crippen LogP contribution in [0.5, 0.6) is 0 Å². The van der Waals surface area contributed by atoms with Gasteiger partial charge in [0.15, 0.2) is 0 Å². The molecule has 0 aliphatic rings. The van der Waals surface area contributed by atoms with Crippen molar-refractivity contribution in [1.29, 1.82) is 0 Å². The number of rotatable bonds is 1. The number of anilines is 2. The average molecular weight is 173 g/mol. The zero-order chi connectivity index (χ0) is 9.26. The average Bonchev–Trinajstić information content (AvgIpc) is 2.61. The lowest BCUT2D eigenvalue weighted by atomic mass is 10.2. The highest BCUT2D eigenvalue weighted by atomic mass is 15.0. The third-order valence-corrected chi connectivity index (χ3v) is 1.94. The van der Waals surface area contributed by atoms with Crippen LogP contribution in [0.3, 0.4) is 0 Å². The number of nitrogen functional groups attached to an aromatic ring is 2. The van der Waals surface area contributed by atoms with Crippen LogP contribution in [0.1, 0.15) is 0 Å². The Morgan fingerprint density at radius 2 is 1.69 bits per heavy atom. The molecule has 3 heteroatoms. The molecule has 66 valence electrons. The van der Waals surface area contributed by atoms with Gasteiger partial charge >= 0.3 is 0 Å². The minimum Gasteiger partial charge on any atom is -0.399 e. The largest absolute Gasteiger partial charge is 0.399 e. The van der Waals surface area contributed by atoms with Crippen LogP contribution in [0.15, 0.2) is 42.7 Å². The molecule has 2 rings (SSSR count). The van der Waals surface area contributed by atoms with Crippen LogP contribution in [-0.2, 0) is 0 Å². The van der Waals surface area contributed by atoms with Gasteiger partial charge in [-0.2, -0.15) is 0 Å². The van der Waals surface area contributed by atoms with Gasteiger partial charge in [0, 0.05) is 18.1 Å². The van der Waals surface area contributed by atoms with Crippen LogP contribution in [-0.4, -0.2) is 4.57 Å². The maximum Gasteiger partial charge on any atom is 0.0701 e. The Labute approximate surface area is 76.6 Å². The molecule has 0 atom stereocenters. The zero-order valence-corrected chi connectivity index (χ0v) is 7.14. The highest BCUT2D eigenvalue weighted by Crippen LogP contribution is 2.19. The van der Waals surface area contributed by atoms with Gasteiger partial charge in [-0.05, 0) is 30.3 Å². The fraction of sp³-hybridized carbons (Fsp3) is 0. The quantitative estimate of drug-likeness (QED) is 0.644. The molecule has 0 saturated heterocycles. The standard InChI is InChI=1S/C10H11N3/c11-8-3-4-9(12)10(7-8)13-5-1-2-6-13/h1-7H,11-12H2. The Bertz CT molecular complexity index is 404. The Hall–Kier alpha value is -1.90. The molecule has 1 heterocycles. The van der Waals surface area contributed by atoms with Crippen molar-refractivity contribution in [2.45, 2.75) is 0 Å². The summed E-state index contributed by atoms with van der Waals surface area (Å²) >= 11 is 0. The van der Waals surface area contributed by atoms with Crippen LogP contribution < -0.4 is 11.5 Å². The summed E-state index contributed by atoms with van der Waals surface area (Å²) in [7, 11) is 0. The summed E-state index contributed by atoms with van der Waals surface area (Å²) in [5.74, 6) is 0. The minimum atomic E-state index is 0.720. The van der Waals surface area contributed by atoms with E-state index in [2.05, 4.69) is 0 Å². The Balaban J connectivity index is 2.57. The second-order valence-corrected chi connectivity index (χ2v) is 2.91. The van der Waals surface area contributed by atoms with Crippen LogP contribution in [0.2, 0.25) is 0 Å². The van der Waals surface area contributed by atoms with Crippen molar-refractivity contribution in [2.75, 3.05) is 11.5 Å². The molecule has 0 radical (unpaired) electrons. The van der Waals surface area contributed by atoms with E-state index in [1.807, 2.05) is 41.2 Å². The van der Waals surface area contributed by atoms with Crippen molar-refractivity contribution in [2.24, 2.45) is 0 Å². The smallest absolute Gasteiger partial charge is 0.0701 e. The van der Waals surface area contributed by atoms with Gasteiger partial charge in [0.05, 0.1) is 11.4 Å². The van der Waals surface area contributed by atoms with Crippen molar-refractivity contribution in [3.8, 4) is 5.69 Å². The second-order valence-electron chi connectivity index (χ2n) is 2.91. The van der Waals surface area contributed by atoms with Crippen molar-refractivity contribution in [3.05, 3.63) is 42.7 Å². The molecular weight excluding hydrogens is 162 g/mol. The van der Waals surface area contributed by atoms with Crippen LogP contribution in [0.25, 0.3) is 5.69 Å². The molecule has 0 amide bonds. The van der Waals surface area contributed by atoms with E-state index < -0.39 is 0 Å². The van der Waals surface area contributed by atoms with Gasteiger partial charge in [-0.1, -0.05) is 0 Å². The summed E-state index contributed by atoms with van der Waals surface area (Å²) in [6.45, 7) is 0. The fourth-order valence-corrected chi connectivity index (χ4v) is 1.28. The Morgan fingerprint density at radius 1 is 1.00 bits per heavy atom. The normalized spacial score (nSPS) is 10.2. The van der Waals surface area contributed by atoms with Crippen molar-refractivity contribution >= 4 is 11.4 Å². The Kier molecular flexibility index (Phi) is 1.70. The van der Waals surface area contributed by atoms with Gasteiger partial charge in [-0.25, -0.2) is 0 Å². The molecular formula is C10H11N3. The van der Waals surface area contributed by atoms with E-state index in [0.29, 0.717) is 0 Å². The number of benzene rings is 1. The first-order chi connectivity index (χ1) is 6.27. The summed E-state index contributed by atoms with van der Waals surface area (Å²) in [4.78, 5) is 0. The number of nitrogens with two attached hydrogens (primary N) is 2. The third-order valence-electron chi connectivity index (χ3n) is 1.94. The van der Waals surface area contributed by atoms with Gasteiger partial charge in [-0.15, -0.1) is 0 Å². The van der Waals surface area contributed by atoms with E-state index in [0.717, 1.165) is 17.1 Å². The summed E-state index contributed by atoms with van der Waals surface area (Å²) in [6, 6.07) is 9.35. The SMILES string of the molecule is Nc1ccc(N)c(-n2cccc2)c1. The molecule has 0 bridgehead atoms. The summed E-state index contributed by atoms with van der Waals surface area (Å²) in [5.41, 5.74) is 13.8. The number of hydrogen-bond acceptors (Lipinski definition) is 2. The summed E-state index contributed by atoms with van der Waals surface area (Å²) in [5, 5.41) is 0. The van der Waals surface area contributed by atoms with Gasteiger partial charge in [0.25, 0.3) is 0 Å². The minimum absolute atomic E-state index is 0.720. The highest BCUT2D eigenvalue weighted by molar-refractivity contribution is 5.63. The lowest BCUT2D eigenvalue weighted by Gasteiger charge is -2.07. The lowest BCUT2D eigenvalue weighted by molar-refractivity contribution is 1.08. The molecule has 1 aromatic carbocycles. The first-order valence-electron chi connectivity index (χ1n) is 4.06. The topological polar surface area (TPSA) is 57.0 Å². The Morgan fingerprint density at radius 3 is 2.38 bits per heavy atom. The second kappa shape index (κ2) is 2.86. The summed E-state index contributed by atoms with van der Waals surface area (Å²) in [6.07, 6.45) is 3.87. The molecule has 0 saturated carbocycles. The molecule has 4 N–H and O–H groups in total. The molecule has 0 spiro atoms. The van der Waals surface area contributed by atoms with Crippen LogP contribution in [0.4, 0.5) is 11.4 Å². The van der Waals surface area contributed by atoms with E-state index in [9.17, 15) is 0 Å². The molecule has 0 aliphatic carbocycles. The van der Waals surface area contributed by atoms with Crippen molar-refractivity contribution in [3.63, 3.8) is 0 Å². The fourth-order valence-electron chi connectivity index (χ4n) is 1.28. The van der Waals surface area contributed by atoms with Crippen LogP contribution >= 0.6 is 0 Å². The van der Waals surface area contributed by atoms with E-state index in [1.165, 1.54) is 0 Å². The van der Waals surface area contributed by atoms with Gasteiger partial charge < -0.3 is 16.0 Å². The first kappa shape index (κ1) is 7.73. The van der Waals surface area contributed by atoms with Crippen molar-refractivity contribution in [1.82, 2.24) is 4.57 Å². The molecule has 13 heavy (non-hydrogen) atoms. The van der Waals surface area contributed by atoms with E-state index in [1.54, 1.807) is 6.07 Å². The number of nitrogens with zero attached hydrogens (tertiary/aromatic N) is 1. The van der Waals surface area contributed by atoms with Gasteiger partial charge in [0.1, 0.15) is 0 Å². The number of aromatic nitrogens is 1. The molecule has 3 nitrogen and oxygen atoms in total. The predicted octanol–water partition coefficient (Wildman–Crippen LogP) is 1.64. The predicted molar refractivity (Wildman–Crippen MR) is 54.6 cm³/mol. The molecule has 2 aromatic rings. The molecule has 0 unspecified atom stereocenters. The van der Waals surface area contributed by atoms with Gasteiger partial charge in [-0.3, -0.25) is 0 Å². The molecule has 1 aromatic heterocycles. The maximum absolute atomic E-state index is 5.80. The lowest BCUT2D eigenvalue weighted by Crippen LogP contribution is -1.98. The van der Waals surface area contributed by atoms with Crippen molar-refractivity contribution < 1.29 is 0 Å². The summed E-state index contributed by atoms with van der Waals surface area (Å²) < 4.78 is 1.94. The number of hydrogen-bond donors (Lipinski definition) is 2. The van der Waals surface area contributed by atoms with E-state index in [4.69, 9.17) is 11.5 Å². The monoisotopic (exact) mass is 173 g/mol. The zero-order valence-electron chi connectivity index (χ0n) is 7.14. The molecule has 0 aliphatic heterocycles. The molecule has 0 fully saturated rings. The highest BCUT2D eigenvalue weighted by Gasteiger charge is 1.99. The first-order valence-corrected chi connectivity index (χ1v) is 4.06. The van der Waals surface area contributed by atoms with Gasteiger partial charge in [0.2, 0.25) is 0 Å². The third kappa shape index (κ3) is 1.36. The van der Waals surface area contributed by atoms with E-state index >= 15 is 0 Å². The maximum atomic E-state index is 5.80.